The van der Waals surface area contributed by atoms with Gasteiger partial charge in [-0.05, 0) is 12.5 Å². The number of aryl methyl sites for hydroxylation is 2. The van der Waals surface area contributed by atoms with E-state index in [1.54, 1.807) is 16.9 Å². The number of halogens is 1. The molecule has 2 aromatic rings. The molecule has 0 bridgehead atoms. The number of aliphatic hydroxyl groups is 1. The van der Waals surface area contributed by atoms with Crippen molar-refractivity contribution in [2.75, 3.05) is 5.73 Å². The minimum atomic E-state index is -0.861. The summed E-state index contributed by atoms with van der Waals surface area (Å²) in [6.07, 6.45) is 3.11. The molecule has 2 aromatic heterocycles. The van der Waals surface area contributed by atoms with Crippen LogP contribution in [-0.2, 0) is 13.5 Å². The van der Waals surface area contributed by atoms with Gasteiger partial charge in [0.1, 0.15) is 11.9 Å². The van der Waals surface area contributed by atoms with E-state index in [4.69, 9.17) is 17.3 Å². The maximum Gasteiger partial charge on any atom is 0.129 e. The molecule has 0 radical (unpaired) electrons. The summed E-state index contributed by atoms with van der Waals surface area (Å²) in [5.74, 6) is 0.276. The molecule has 0 aromatic carbocycles. The van der Waals surface area contributed by atoms with Crippen LogP contribution < -0.4 is 5.73 Å². The molecule has 3 N–H and O–H groups in total. The molecular weight excluding hydrogens is 252 g/mol. The molecule has 0 saturated heterocycles. The Kier molecular flexibility index (Phi) is 3.54. The topological polar surface area (TPSA) is 77.0 Å². The van der Waals surface area contributed by atoms with Crippen LogP contribution in [0.1, 0.15) is 29.8 Å². The van der Waals surface area contributed by atoms with E-state index in [2.05, 4.69) is 10.1 Å². The fraction of sp³-hybridized carbons (Fsp3) is 0.333. The van der Waals surface area contributed by atoms with Crippen molar-refractivity contribution in [3.05, 3.63) is 40.3 Å². The summed E-state index contributed by atoms with van der Waals surface area (Å²) in [7, 11) is 1.81. The number of nitrogen functional groups attached to an aromatic ring is 1. The Morgan fingerprint density at radius 1 is 1.50 bits per heavy atom. The molecule has 0 aliphatic rings. The number of hydrogen-bond acceptors (Lipinski definition) is 4. The maximum absolute atomic E-state index is 10.4. The quantitative estimate of drug-likeness (QED) is 0.886. The zero-order chi connectivity index (χ0) is 13.3. The molecule has 6 heteroatoms. The summed E-state index contributed by atoms with van der Waals surface area (Å²) in [6.45, 7) is 1.98. The SMILES string of the molecule is CCc1nn(C)cc1C(O)c1cc(Cl)cnc1N. The predicted molar refractivity (Wildman–Crippen MR) is 70.3 cm³/mol. The fourth-order valence-electron chi connectivity index (χ4n) is 1.91. The number of anilines is 1. The Morgan fingerprint density at radius 3 is 2.89 bits per heavy atom. The number of aromatic nitrogens is 3. The minimum absolute atomic E-state index is 0.276. The van der Waals surface area contributed by atoms with Gasteiger partial charge in [0, 0.05) is 30.6 Å². The van der Waals surface area contributed by atoms with Crippen LogP contribution in [0.15, 0.2) is 18.5 Å². The fourth-order valence-corrected chi connectivity index (χ4v) is 2.07. The molecule has 2 heterocycles. The van der Waals surface area contributed by atoms with Crippen LogP contribution in [0.5, 0.6) is 0 Å². The van der Waals surface area contributed by atoms with Crippen molar-refractivity contribution >= 4 is 17.4 Å². The summed E-state index contributed by atoms with van der Waals surface area (Å²) in [5, 5.41) is 15.1. The van der Waals surface area contributed by atoms with Crippen molar-refractivity contribution in [3.63, 3.8) is 0 Å². The van der Waals surface area contributed by atoms with Crippen LogP contribution in [-0.4, -0.2) is 19.9 Å². The summed E-state index contributed by atoms with van der Waals surface area (Å²) in [5.41, 5.74) is 7.84. The van der Waals surface area contributed by atoms with Gasteiger partial charge in [-0.1, -0.05) is 18.5 Å². The molecule has 18 heavy (non-hydrogen) atoms. The summed E-state index contributed by atoms with van der Waals surface area (Å²) >= 11 is 5.88. The average Bonchev–Trinajstić information content (AvgIpc) is 2.72. The highest BCUT2D eigenvalue weighted by molar-refractivity contribution is 6.30. The highest BCUT2D eigenvalue weighted by Crippen LogP contribution is 2.29. The van der Waals surface area contributed by atoms with Gasteiger partial charge in [0.2, 0.25) is 0 Å². The van der Waals surface area contributed by atoms with E-state index < -0.39 is 6.10 Å². The normalized spacial score (nSPS) is 12.7. The number of aliphatic hydroxyl groups excluding tert-OH is 1. The Labute approximate surface area is 110 Å². The molecule has 2 rings (SSSR count). The zero-order valence-electron chi connectivity index (χ0n) is 10.3. The van der Waals surface area contributed by atoms with Crippen LogP contribution in [0.25, 0.3) is 0 Å². The van der Waals surface area contributed by atoms with Crippen LogP contribution >= 0.6 is 11.6 Å². The van der Waals surface area contributed by atoms with Crippen LogP contribution in [0.4, 0.5) is 5.82 Å². The molecule has 5 nitrogen and oxygen atoms in total. The van der Waals surface area contributed by atoms with Gasteiger partial charge in [-0.3, -0.25) is 4.68 Å². The summed E-state index contributed by atoms with van der Waals surface area (Å²) in [4.78, 5) is 3.95. The van der Waals surface area contributed by atoms with Crippen molar-refractivity contribution in [3.8, 4) is 0 Å². The van der Waals surface area contributed by atoms with Gasteiger partial charge in [-0.25, -0.2) is 4.98 Å². The molecular formula is C12H15ClN4O. The van der Waals surface area contributed by atoms with Gasteiger partial charge in [0.05, 0.1) is 10.7 Å². The van der Waals surface area contributed by atoms with E-state index in [0.29, 0.717) is 10.6 Å². The van der Waals surface area contributed by atoms with Gasteiger partial charge in [-0.15, -0.1) is 0 Å². The van der Waals surface area contributed by atoms with E-state index in [1.807, 2.05) is 14.0 Å². The molecule has 0 spiro atoms. The highest BCUT2D eigenvalue weighted by Gasteiger charge is 2.20. The monoisotopic (exact) mass is 266 g/mol. The minimum Gasteiger partial charge on any atom is -0.383 e. The van der Waals surface area contributed by atoms with Crippen molar-refractivity contribution in [1.29, 1.82) is 0 Å². The van der Waals surface area contributed by atoms with Crippen molar-refractivity contribution in [2.24, 2.45) is 7.05 Å². The third-order valence-electron chi connectivity index (χ3n) is 2.78. The molecule has 0 aliphatic carbocycles. The molecule has 96 valence electrons. The molecule has 0 amide bonds. The smallest absolute Gasteiger partial charge is 0.129 e. The molecule has 1 unspecified atom stereocenters. The van der Waals surface area contributed by atoms with Gasteiger partial charge in [0.15, 0.2) is 0 Å². The van der Waals surface area contributed by atoms with Crippen molar-refractivity contribution in [1.82, 2.24) is 14.8 Å². The third-order valence-corrected chi connectivity index (χ3v) is 2.98. The second-order valence-corrected chi connectivity index (χ2v) is 4.53. The third kappa shape index (κ3) is 2.32. The van der Waals surface area contributed by atoms with Gasteiger partial charge < -0.3 is 10.8 Å². The van der Waals surface area contributed by atoms with Crippen LogP contribution in [0, 0.1) is 0 Å². The Hall–Kier alpha value is -1.59. The van der Waals surface area contributed by atoms with E-state index >= 15 is 0 Å². The van der Waals surface area contributed by atoms with Gasteiger partial charge in [-0.2, -0.15) is 5.10 Å². The van der Waals surface area contributed by atoms with Gasteiger partial charge in [0.25, 0.3) is 0 Å². The first-order valence-corrected chi connectivity index (χ1v) is 6.02. The van der Waals surface area contributed by atoms with E-state index in [9.17, 15) is 5.11 Å². The first-order chi connectivity index (χ1) is 8.52. The Morgan fingerprint density at radius 2 is 2.22 bits per heavy atom. The summed E-state index contributed by atoms with van der Waals surface area (Å²) < 4.78 is 1.67. The first kappa shape index (κ1) is 12.9. The van der Waals surface area contributed by atoms with Crippen molar-refractivity contribution < 1.29 is 5.11 Å². The molecule has 0 saturated carbocycles. The van der Waals surface area contributed by atoms with Crippen LogP contribution in [0.2, 0.25) is 5.02 Å². The largest absolute Gasteiger partial charge is 0.383 e. The van der Waals surface area contributed by atoms with E-state index in [1.165, 1.54) is 6.20 Å². The lowest BCUT2D eigenvalue weighted by atomic mass is 10.0. The number of rotatable bonds is 3. The van der Waals surface area contributed by atoms with Crippen molar-refractivity contribution in [2.45, 2.75) is 19.4 Å². The highest BCUT2D eigenvalue weighted by atomic mass is 35.5. The standard InChI is InChI=1S/C12H15ClN4O/c1-3-10-9(6-17(2)16-10)11(18)8-4-7(13)5-15-12(8)14/h4-6,11,18H,3H2,1-2H3,(H2,14,15). The number of pyridine rings is 1. The van der Waals surface area contributed by atoms with Crippen LogP contribution in [0.3, 0.4) is 0 Å². The number of hydrogen-bond donors (Lipinski definition) is 2. The Balaban J connectivity index is 2.46. The number of nitrogens with zero attached hydrogens (tertiary/aromatic N) is 3. The lowest BCUT2D eigenvalue weighted by molar-refractivity contribution is 0.219. The molecule has 0 fully saturated rings. The lowest BCUT2D eigenvalue weighted by Gasteiger charge is -2.12. The van der Waals surface area contributed by atoms with E-state index in [0.717, 1.165) is 17.7 Å². The second-order valence-electron chi connectivity index (χ2n) is 4.09. The first-order valence-electron chi connectivity index (χ1n) is 5.64. The second kappa shape index (κ2) is 4.96. The van der Waals surface area contributed by atoms with Gasteiger partial charge >= 0.3 is 0 Å². The van der Waals surface area contributed by atoms with E-state index in [-0.39, 0.29) is 5.82 Å². The predicted octanol–water partition coefficient (Wildman–Crippen LogP) is 1.69. The maximum atomic E-state index is 10.4. The zero-order valence-corrected chi connectivity index (χ0v) is 11.0. The lowest BCUT2D eigenvalue weighted by Crippen LogP contribution is -2.06. The average molecular weight is 267 g/mol. The summed E-state index contributed by atoms with van der Waals surface area (Å²) in [6, 6.07) is 1.63. The number of nitrogens with two attached hydrogens (primary N) is 1. The molecule has 1 atom stereocenters. The Bertz CT molecular complexity index is 567. The molecule has 0 aliphatic heterocycles.